The van der Waals surface area contributed by atoms with Gasteiger partial charge in [-0.2, -0.15) is 0 Å². The van der Waals surface area contributed by atoms with Crippen LogP contribution < -0.4 is 10.2 Å². The Balaban J connectivity index is 1.20. The van der Waals surface area contributed by atoms with E-state index in [9.17, 15) is 9.59 Å². The van der Waals surface area contributed by atoms with Crippen LogP contribution in [0.1, 0.15) is 52.2 Å². The summed E-state index contributed by atoms with van der Waals surface area (Å²) in [6.07, 6.45) is 3.31. The molecule has 0 aliphatic carbocycles. The number of para-hydroxylation sites is 1. The predicted molar refractivity (Wildman–Crippen MR) is 155 cm³/mol. The third-order valence-electron chi connectivity index (χ3n) is 6.64. The molecule has 0 radical (unpaired) electrons. The maximum absolute atomic E-state index is 13.1. The number of aryl methyl sites for hydroxylation is 2. The highest BCUT2D eigenvalue weighted by Crippen LogP contribution is 2.36. The van der Waals surface area contributed by atoms with Crippen molar-refractivity contribution in [3.8, 4) is 0 Å². The minimum absolute atomic E-state index is 0.0389. The normalized spacial score (nSPS) is 15.1. The highest BCUT2D eigenvalue weighted by atomic mass is 32.2. The van der Waals surface area contributed by atoms with Crippen LogP contribution >= 0.6 is 23.1 Å². The number of anilines is 2. The van der Waals surface area contributed by atoms with Gasteiger partial charge in [-0.05, 0) is 54.3 Å². The average molecular weight is 543 g/mol. The molecule has 4 aromatic rings. The topological polar surface area (TPSA) is 75.2 Å². The van der Waals surface area contributed by atoms with E-state index < -0.39 is 0 Å². The van der Waals surface area contributed by atoms with Crippen molar-refractivity contribution in [1.29, 1.82) is 0 Å². The van der Waals surface area contributed by atoms with Gasteiger partial charge in [0.25, 0.3) is 5.91 Å². The standard InChI is InChI=1S/C30H30N4O2S2/c1-2-22-14-6-8-16-25(22)34-20-23(19-27(34)35)29-32-33-30(38-29)31-28(36)24-15-7-9-17-26(24)37-18-10-13-21-11-4-3-5-12-21/h3-9,11-12,14-17,23H,2,10,13,18-20H2,1H3,(H,31,33,36). The van der Waals surface area contributed by atoms with Gasteiger partial charge in [0.2, 0.25) is 11.0 Å². The molecule has 1 N–H and O–H groups in total. The van der Waals surface area contributed by atoms with Gasteiger partial charge in [0, 0.05) is 29.5 Å². The molecule has 1 aromatic heterocycles. The van der Waals surface area contributed by atoms with Crippen LogP contribution in [0.2, 0.25) is 0 Å². The minimum Gasteiger partial charge on any atom is -0.311 e. The molecule has 2 heterocycles. The van der Waals surface area contributed by atoms with Gasteiger partial charge in [0.05, 0.1) is 5.56 Å². The number of aromatic nitrogens is 2. The van der Waals surface area contributed by atoms with Gasteiger partial charge in [-0.1, -0.05) is 78.9 Å². The number of benzene rings is 3. The predicted octanol–water partition coefficient (Wildman–Crippen LogP) is 6.60. The molecule has 194 valence electrons. The van der Waals surface area contributed by atoms with E-state index in [0.29, 0.717) is 23.7 Å². The fourth-order valence-electron chi connectivity index (χ4n) is 4.68. The van der Waals surface area contributed by atoms with E-state index in [1.165, 1.54) is 16.9 Å². The van der Waals surface area contributed by atoms with Crippen molar-refractivity contribution in [2.75, 3.05) is 22.5 Å². The molecule has 38 heavy (non-hydrogen) atoms. The van der Waals surface area contributed by atoms with Crippen LogP contribution in [0.3, 0.4) is 0 Å². The molecule has 0 bridgehead atoms. The molecule has 3 aromatic carbocycles. The van der Waals surface area contributed by atoms with E-state index in [2.05, 4.69) is 52.8 Å². The Bertz CT molecular complexity index is 1410. The van der Waals surface area contributed by atoms with Crippen molar-refractivity contribution in [1.82, 2.24) is 10.2 Å². The van der Waals surface area contributed by atoms with Crippen molar-refractivity contribution in [2.45, 2.75) is 43.4 Å². The average Bonchev–Trinajstić information content (AvgIpc) is 3.58. The SMILES string of the molecule is CCc1ccccc1N1CC(c2nnc(NC(=O)c3ccccc3SCCCc3ccccc3)s2)CC1=O. The largest absolute Gasteiger partial charge is 0.311 e. The van der Waals surface area contributed by atoms with Gasteiger partial charge in [-0.15, -0.1) is 22.0 Å². The van der Waals surface area contributed by atoms with Crippen LogP contribution in [-0.4, -0.2) is 34.3 Å². The summed E-state index contributed by atoms with van der Waals surface area (Å²) in [5.41, 5.74) is 4.09. The smallest absolute Gasteiger partial charge is 0.258 e. The lowest BCUT2D eigenvalue weighted by molar-refractivity contribution is -0.117. The maximum Gasteiger partial charge on any atom is 0.258 e. The fourth-order valence-corrected chi connectivity index (χ4v) is 6.51. The first kappa shape index (κ1) is 26.1. The third-order valence-corrected chi connectivity index (χ3v) is 8.80. The van der Waals surface area contributed by atoms with E-state index in [1.54, 1.807) is 11.8 Å². The number of thioether (sulfide) groups is 1. The number of rotatable bonds is 10. The Kier molecular flexibility index (Phi) is 8.51. The van der Waals surface area contributed by atoms with Crippen LogP contribution in [0.5, 0.6) is 0 Å². The second-order valence-electron chi connectivity index (χ2n) is 9.22. The summed E-state index contributed by atoms with van der Waals surface area (Å²) in [7, 11) is 0. The van der Waals surface area contributed by atoms with Crippen molar-refractivity contribution in [2.24, 2.45) is 0 Å². The Labute approximate surface area is 231 Å². The molecule has 1 atom stereocenters. The van der Waals surface area contributed by atoms with Crippen molar-refractivity contribution in [3.63, 3.8) is 0 Å². The van der Waals surface area contributed by atoms with Crippen LogP contribution in [0.15, 0.2) is 83.8 Å². The molecule has 0 spiro atoms. The number of carbonyl (C=O) groups is 2. The molecular weight excluding hydrogens is 512 g/mol. The summed E-state index contributed by atoms with van der Waals surface area (Å²) in [5, 5.41) is 12.7. The number of hydrogen-bond donors (Lipinski definition) is 1. The number of amides is 2. The quantitative estimate of drug-likeness (QED) is 0.181. The summed E-state index contributed by atoms with van der Waals surface area (Å²) in [6, 6.07) is 26.1. The zero-order chi connectivity index (χ0) is 26.3. The first-order valence-corrected chi connectivity index (χ1v) is 14.7. The Morgan fingerprint density at radius 3 is 2.63 bits per heavy atom. The maximum atomic E-state index is 13.1. The van der Waals surface area contributed by atoms with Crippen LogP contribution in [-0.2, 0) is 17.6 Å². The van der Waals surface area contributed by atoms with E-state index in [0.717, 1.165) is 46.2 Å². The first-order chi connectivity index (χ1) is 18.6. The minimum atomic E-state index is -0.195. The van der Waals surface area contributed by atoms with E-state index >= 15 is 0 Å². The highest BCUT2D eigenvalue weighted by Gasteiger charge is 2.34. The van der Waals surface area contributed by atoms with E-state index in [1.807, 2.05) is 53.4 Å². The monoisotopic (exact) mass is 542 g/mol. The van der Waals surface area contributed by atoms with Gasteiger partial charge >= 0.3 is 0 Å². The van der Waals surface area contributed by atoms with E-state index in [4.69, 9.17) is 0 Å². The molecule has 1 fully saturated rings. The first-order valence-electron chi connectivity index (χ1n) is 12.9. The molecule has 1 saturated heterocycles. The molecule has 1 aliphatic rings. The molecule has 8 heteroatoms. The van der Waals surface area contributed by atoms with Crippen LogP contribution in [0.4, 0.5) is 10.8 Å². The van der Waals surface area contributed by atoms with Crippen molar-refractivity contribution < 1.29 is 9.59 Å². The van der Waals surface area contributed by atoms with Crippen LogP contribution in [0.25, 0.3) is 0 Å². The number of nitrogens with one attached hydrogen (secondary N) is 1. The zero-order valence-corrected chi connectivity index (χ0v) is 22.9. The number of hydrogen-bond acceptors (Lipinski definition) is 6. The number of carbonyl (C=O) groups excluding carboxylic acids is 2. The lowest BCUT2D eigenvalue weighted by atomic mass is 10.1. The summed E-state index contributed by atoms with van der Waals surface area (Å²) < 4.78 is 0. The molecular formula is C30H30N4O2S2. The highest BCUT2D eigenvalue weighted by molar-refractivity contribution is 7.99. The van der Waals surface area contributed by atoms with Gasteiger partial charge in [0.15, 0.2) is 0 Å². The molecule has 1 aliphatic heterocycles. The van der Waals surface area contributed by atoms with E-state index in [-0.39, 0.29) is 17.7 Å². The van der Waals surface area contributed by atoms with Crippen LogP contribution in [0, 0.1) is 0 Å². The van der Waals surface area contributed by atoms with Gasteiger partial charge < -0.3 is 4.90 Å². The lowest BCUT2D eigenvalue weighted by Crippen LogP contribution is -2.25. The lowest BCUT2D eigenvalue weighted by Gasteiger charge is -2.19. The summed E-state index contributed by atoms with van der Waals surface area (Å²) in [4.78, 5) is 28.8. The molecule has 2 amide bonds. The van der Waals surface area contributed by atoms with Crippen molar-refractivity contribution in [3.05, 3.63) is 101 Å². The summed E-state index contributed by atoms with van der Waals surface area (Å²) in [6.45, 7) is 2.67. The second-order valence-corrected chi connectivity index (χ2v) is 11.4. The zero-order valence-electron chi connectivity index (χ0n) is 21.3. The summed E-state index contributed by atoms with van der Waals surface area (Å²) in [5.74, 6) is 0.785. The summed E-state index contributed by atoms with van der Waals surface area (Å²) >= 11 is 3.04. The van der Waals surface area contributed by atoms with Gasteiger partial charge in [-0.3, -0.25) is 14.9 Å². The molecule has 5 rings (SSSR count). The van der Waals surface area contributed by atoms with Gasteiger partial charge in [-0.25, -0.2) is 0 Å². The van der Waals surface area contributed by atoms with Crippen molar-refractivity contribution >= 4 is 45.7 Å². The molecule has 1 unspecified atom stereocenters. The Morgan fingerprint density at radius 2 is 1.79 bits per heavy atom. The molecule has 0 saturated carbocycles. The molecule has 6 nitrogen and oxygen atoms in total. The third kappa shape index (κ3) is 6.14. The Hall–Kier alpha value is -3.49. The van der Waals surface area contributed by atoms with Gasteiger partial charge in [0.1, 0.15) is 5.01 Å². The number of nitrogens with zero attached hydrogens (tertiary/aromatic N) is 3. The second kappa shape index (κ2) is 12.4. The fraction of sp³-hybridized carbons (Fsp3) is 0.267. The Morgan fingerprint density at radius 1 is 1.03 bits per heavy atom.